The first-order chi connectivity index (χ1) is 14.0. The molecule has 1 aliphatic heterocycles. The van der Waals surface area contributed by atoms with Gasteiger partial charge in [-0.2, -0.15) is 0 Å². The minimum Gasteiger partial charge on any atom is -0.406 e. The van der Waals surface area contributed by atoms with E-state index >= 15 is 0 Å². The number of carbonyl (C=O) groups excluding carboxylic acids is 2. The molecule has 0 bridgehead atoms. The van der Waals surface area contributed by atoms with Crippen LogP contribution in [-0.2, 0) is 9.59 Å². The first kappa shape index (κ1) is 20.5. The van der Waals surface area contributed by atoms with Crippen molar-refractivity contribution in [3.05, 3.63) is 62.9 Å². The number of halogens is 5. The number of rotatable bonds is 3. The Morgan fingerprint density at radius 3 is 2.10 bits per heavy atom. The summed E-state index contributed by atoms with van der Waals surface area (Å²) in [7, 11) is 0. The van der Waals surface area contributed by atoms with Crippen molar-refractivity contribution in [2.45, 2.75) is 24.7 Å². The predicted molar refractivity (Wildman–Crippen MR) is 104 cm³/mol. The molecule has 1 saturated heterocycles. The Bertz CT molecular complexity index is 1110. The molecule has 1 aliphatic carbocycles. The minimum absolute atomic E-state index is 0.187. The summed E-state index contributed by atoms with van der Waals surface area (Å²) in [6, 6.07) is 9.20. The maximum absolute atomic E-state index is 13.2. The van der Waals surface area contributed by atoms with Gasteiger partial charge < -0.3 is 4.74 Å². The normalized spacial score (nSPS) is 27.6. The topological polar surface area (TPSA) is 51.0 Å². The van der Waals surface area contributed by atoms with Crippen molar-refractivity contribution in [2.24, 2.45) is 5.41 Å². The molecule has 2 aromatic carbocycles. The Kier molecular flexibility index (Phi) is 4.35. The number of piperidine rings is 1. The van der Waals surface area contributed by atoms with Gasteiger partial charge in [-0.1, -0.05) is 40.2 Å². The zero-order valence-electron chi connectivity index (χ0n) is 15.2. The van der Waals surface area contributed by atoms with Crippen LogP contribution in [0.4, 0.5) is 18.9 Å². The highest BCUT2D eigenvalue weighted by molar-refractivity contribution is 6.37. The number of nitrogens with zero attached hydrogens (tertiary/aromatic N) is 2. The zero-order chi connectivity index (χ0) is 22.1. The number of imide groups is 1. The molecule has 5 nitrogen and oxygen atoms in total. The second-order valence-electron chi connectivity index (χ2n) is 7.22. The summed E-state index contributed by atoms with van der Waals surface area (Å²) in [5.74, 6) is -2.37. The average molecular weight is 456 g/mol. The van der Waals surface area contributed by atoms with Crippen LogP contribution in [0.1, 0.15) is 18.4 Å². The number of amides is 2. The van der Waals surface area contributed by atoms with Crippen molar-refractivity contribution in [3.63, 3.8) is 0 Å². The maximum atomic E-state index is 13.2. The molecule has 2 aromatic rings. The molecular weight excluding hydrogens is 444 g/mol. The van der Waals surface area contributed by atoms with Crippen LogP contribution in [-0.4, -0.2) is 23.7 Å². The van der Waals surface area contributed by atoms with Crippen molar-refractivity contribution in [1.29, 1.82) is 0 Å². The van der Waals surface area contributed by atoms with Crippen molar-refractivity contribution >= 4 is 40.7 Å². The molecule has 30 heavy (non-hydrogen) atoms. The molecule has 0 radical (unpaired) electrons. The Balaban J connectivity index is 1.70. The fourth-order valence-electron chi connectivity index (χ4n) is 4.33. The molecule has 10 heteroatoms. The number of hydrogen-bond donors (Lipinski definition) is 0. The fraction of sp³-hybridized carbons (Fsp3) is 0.250. The van der Waals surface area contributed by atoms with Crippen LogP contribution >= 0.6 is 23.2 Å². The Labute approximate surface area is 178 Å². The lowest BCUT2D eigenvalue weighted by molar-refractivity contribution is -0.274. The van der Waals surface area contributed by atoms with Crippen molar-refractivity contribution in [1.82, 2.24) is 0 Å². The number of anilines is 1. The van der Waals surface area contributed by atoms with E-state index in [1.807, 2.05) is 0 Å². The van der Waals surface area contributed by atoms with Gasteiger partial charge in [-0.3, -0.25) is 9.59 Å². The molecular formula is C20H12Cl2F3N2O3+. The highest BCUT2D eigenvalue weighted by atomic mass is 35.5. The summed E-state index contributed by atoms with van der Waals surface area (Å²) < 4.78 is 41.0. The fourth-order valence-corrected chi connectivity index (χ4v) is 4.84. The SMILES string of the molecule is C#[N+][C@@]12C(=O)N(c3cc(Cl)cc(Cl)c3)C(=O)[C@]1(C)[C@@H]2c1ccc(OC(F)(F)F)cc1. The van der Waals surface area contributed by atoms with E-state index in [-0.39, 0.29) is 15.7 Å². The monoisotopic (exact) mass is 455 g/mol. The van der Waals surface area contributed by atoms with E-state index < -0.39 is 40.8 Å². The molecule has 2 aliphatic rings. The Hall–Kier alpha value is -2.76. The molecule has 0 spiro atoms. The second-order valence-corrected chi connectivity index (χ2v) is 8.09. The summed E-state index contributed by atoms with van der Waals surface area (Å²) in [5, 5.41) is 0.471. The number of ether oxygens (including phenoxy) is 1. The van der Waals surface area contributed by atoms with Crippen molar-refractivity contribution in [3.8, 4) is 12.3 Å². The van der Waals surface area contributed by atoms with Crippen LogP contribution in [0.2, 0.25) is 10.0 Å². The van der Waals surface area contributed by atoms with Gasteiger partial charge in [-0.25, -0.2) is 4.90 Å². The third-order valence-corrected chi connectivity index (χ3v) is 6.07. The summed E-state index contributed by atoms with van der Waals surface area (Å²) in [4.78, 5) is 31.2. The maximum Gasteiger partial charge on any atom is 0.573 e. The molecule has 0 unspecified atom stereocenters. The molecule has 1 heterocycles. The standard InChI is InChI=1S/C20H12Cl2F3N2O3/c1-18-15(10-3-5-14(6-4-10)30-20(23,24)25)19(18,26-2)17(29)27(16(18)28)13-8-11(21)7-12(22)9-13/h2-9,15H,1H3/q+1/t15-,18-,19-/m0/s1. The Morgan fingerprint density at radius 1 is 1.07 bits per heavy atom. The first-order valence-corrected chi connectivity index (χ1v) is 9.34. The smallest absolute Gasteiger partial charge is 0.406 e. The predicted octanol–water partition coefficient (Wildman–Crippen LogP) is 5.27. The molecule has 0 aromatic heterocycles. The number of benzene rings is 2. The minimum atomic E-state index is -4.83. The van der Waals surface area contributed by atoms with Gasteiger partial charge in [0.2, 0.25) is 5.91 Å². The molecule has 2 fully saturated rings. The van der Waals surface area contributed by atoms with Crippen LogP contribution < -0.4 is 9.64 Å². The molecule has 0 N–H and O–H groups in total. The van der Waals surface area contributed by atoms with Gasteiger partial charge in [-0.15, -0.1) is 13.2 Å². The van der Waals surface area contributed by atoms with Gasteiger partial charge in [-0.05, 0) is 42.8 Å². The van der Waals surface area contributed by atoms with E-state index in [1.54, 1.807) is 6.92 Å². The summed E-state index contributed by atoms with van der Waals surface area (Å²) in [6.45, 7) is 7.13. The lowest BCUT2D eigenvalue weighted by Gasteiger charge is -2.19. The van der Waals surface area contributed by atoms with Gasteiger partial charge >= 0.3 is 17.8 Å². The number of alkyl halides is 3. The van der Waals surface area contributed by atoms with E-state index in [1.165, 1.54) is 30.3 Å². The lowest BCUT2D eigenvalue weighted by atomic mass is 9.99. The van der Waals surface area contributed by atoms with E-state index in [2.05, 4.69) is 9.58 Å². The summed E-state index contributed by atoms with van der Waals surface area (Å²) in [6.07, 6.45) is -4.83. The van der Waals surface area contributed by atoms with Crippen molar-refractivity contribution < 1.29 is 27.5 Å². The van der Waals surface area contributed by atoms with E-state index in [4.69, 9.17) is 29.8 Å². The van der Waals surface area contributed by atoms with Crippen LogP contribution in [0.25, 0.3) is 4.85 Å². The van der Waals surface area contributed by atoms with E-state index in [9.17, 15) is 22.8 Å². The summed E-state index contributed by atoms with van der Waals surface area (Å²) >= 11 is 12.0. The Morgan fingerprint density at radius 2 is 1.63 bits per heavy atom. The quantitative estimate of drug-likeness (QED) is 0.592. The van der Waals surface area contributed by atoms with Gasteiger partial charge in [0, 0.05) is 10.0 Å². The van der Waals surface area contributed by atoms with Crippen LogP contribution in [0.3, 0.4) is 0 Å². The van der Waals surface area contributed by atoms with Gasteiger partial charge in [0.25, 0.3) is 6.57 Å². The number of fused-ring (bicyclic) bond motifs is 1. The molecule has 4 rings (SSSR count). The zero-order valence-corrected chi connectivity index (χ0v) is 16.7. The highest BCUT2D eigenvalue weighted by Gasteiger charge is 2.98. The van der Waals surface area contributed by atoms with Gasteiger partial charge in [0.1, 0.15) is 11.7 Å². The van der Waals surface area contributed by atoms with Gasteiger partial charge in [0.15, 0.2) is 5.41 Å². The number of hydrogen-bond acceptors (Lipinski definition) is 3. The third-order valence-electron chi connectivity index (χ3n) is 5.64. The average Bonchev–Trinajstić information content (AvgIpc) is 3.15. The molecule has 154 valence electrons. The molecule has 3 atom stereocenters. The second kappa shape index (κ2) is 6.37. The van der Waals surface area contributed by atoms with E-state index in [0.717, 1.165) is 17.0 Å². The van der Waals surface area contributed by atoms with Crippen LogP contribution in [0, 0.1) is 12.0 Å². The largest absolute Gasteiger partial charge is 0.573 e. The van der Waals surface area contributed by atoms with Gasteiger partial charge in [0.05, 0.1) is 5.69 Å². The van der Waals surface area contributed by atoms with Crippen LogP contribution in [0.15, 0.2) is 42.5 Å². The lowest BCUT2D eigenvalue weighted by Crippen LogP contribution is -2.38. The first-order valence-electron chi connectivity index (χ1n) is 8.58. The summed E-state index contributed by atoms with van der Waals surface area (Å²) in [5.41, 5.74) is -2.26. The number of carbonyl (C=O) groups is 2. The third kappa shape index (κ3) is 2.69. The van der Waals surface area contributed by atoms with E-state index in [0.29, 0.717) is 5.56 Å². The van der Waals surface area contributed by atoms with Crippen molar-refractivity contribution in [2.75, 3.05) is 4.90 Å². The highest BCUT2D eigenvalue weighted by Crippen LogP contribution is 2.74. The van der Waals surface area contributed by atoms with Crippen LogP contribution in [0.5, 0.6) is 5.75 Å². The molecule has 2 amide bonds. The molecule has 1 saturated carbocycles.